The van der Waals surface area contributed by atoms with Crippen LogP contribution in [0.5, 0.6) is 0 Å². The number of aryl methyl sites for hydroxylation is 1. The van der Waals surface area contributed by atoms with Crippen LogP contribution in [-0.2, 0) is 6.61 Å². The van der Waals surface area contributed by atoms with Crippen LogP contribution in [0.4, 0.5) is 0 Å². The summed E-state index contributed by atoms with van der Waals surface area (Å²) in [5.74, 6) is 0. The Morgan fingerprint density at radius 1 is 1.36 bits per heavy atom. The van der Waals surface area contributed by atoms with Gasteiger partial charge in [-0.1, -0.05) is 24.3 Å². The van der Waals surface area contributed by atoms with Gasteiger partial charge < -0.3 is 5.11 Å². The summed E-state index contributed by atoms with van der Waals surface area (Å²) in [5.41, 5.74) is 2.44. The van der Waals surface area contributed by atoms with E-state index in [1.165, 1.54) is 22.5 Å². The van der Waals surface area contributed by atoms with E-state index in [0.29, 0.717) is 0 Å². The molecule has 1 N–H and O–H groups in total. The lowest BCUT2D eigenvalue weighted by Crippen LogP contribution is -1.77. The summed E-state index contributed by atoms with van der Waals surface area (Å²) in [6, 6.07) is 8.19. The minimum Gasteiger partial charge on any atom is -0.389 e. The van der Waals surface area contributed by atoms with Gasteiger partial charge in [-0.05, 0) is 18.1 Å². The predicted molar refractivity (Wildman–Crippen MR) is 58.2 cm³/mol. The average Bonchev–Trinajstić information content (AvgIpc) is 2.67. The van der Waals surface area contributed by atoms with Crippen LogP contribution in [-0.4, -0.2) is 10.1 Å². The number of thiazole rings is 1. The molecule has 2 nitrogen and oxygen atoms in total. The van der Waals surface area contributed by atoms with Crippen molar-refractivity contribution in [2.24, 2.45) is 0 Å². The van der Waals surface area contributed by atoms with Crippen LogP contribution in [0.3, 0.4) is 0 Å². The molecular formula is C11H11NOS. The first-order chi connectivity index (χ1) is 6.81. The molecule has 0 atom stereocenters. The maximum atomic E-state index is 8.92. The molecule has 1 aromatic heterocycles. The molecule has 0 unspecified atom stereocenters. The monoisotopic (exact) mass is 205 g/mol. The third-order valence-corrected chi connectivity index (χ3v) is 3.11. The second kappa shape index (κ2) is 3.90. The van der Waals surface area contributed by atoms with Crippen molar-refractivity contribution in [2.45, 2.75) is 13.5 Å². The van der Waals surface area contributed by atoms with Crippen LogP contribution in [0.1, 0.15) is 10.6 Å². The molecule has 0 saturated carbocycles. The number of rotatable bonds is 2. The normalized spacial score (nSPS) is 10.4. The zero-order valence-corrected chi connectivity index (χ0v) is 8.71. The molecule has 0 aliphatic carbocycles. The Kier molecular flexibility index (Phi) is 2.61. The van der Waals surface area contributed by atoms with Gasteiger partial charge in [0.25, 0.3) is 0 Å². The lowest BCUT2D eigenvalue weighted by Gasteiger charge is -2.00. The van der Waals surface area contributed by atoms with E-state index < -0.39 is 0 Å². The van der Waals surface area contributed by atoms with Crippen molar-refractivity contribution in [1.29, 1.82) is 0 Å². The Bertz CT molecular complexity index is 436. The zero-order chi connectivity index (χ0) is 9.97. The van der Waals surface area contributed by atoms with E-state index in [-0.39, 0.29) is 6.61 Å². The van der Waals surface area contributed by atoms with Crippen LogP contribution < -0.4 is 0 Å². The van der Waals surface area contributed by atoms with E-state index in [0.717, 1.165) is 9.88 Å². The molecule has 1 heterocycles. The number of nitrogens with zero attached hydrogens (tertiary/aromatic N) is 1. The summed E-state index contributed by atoms with van der Waals surface area (Å²) < 4.78 is 0. The number of aliphatic hydroxyl groups is 1. The van der Waals surface area contributed by atoms with Crippen molar-refractivity contribution in [1.82, 2.24) is 4.98 Å². The molecule has 1 aromatic carbocycles. The van der Waals surface area contributed by atoms with Gasteiger partial charge in [0.2, 0.25) is 0 Å². The van der Waals surface area contributed by atoms with Crippen molar-refractivity contribution < 1.29 is 5.11 Å². The topological polar surface area (TPSA) is 33.1 Å². The van der Waals surface area contributed by atoms with E-state index in [1.807, 2.05) is 18.3 Å². The average molecular weight is 205 g/mol. The first-order valence-electron chi connectivity index (χ1n) is 4.43. The lowest BCUT2D eigenvalue weighted by atomic mass is 10.1. The molecule has 0 aliphatic rings. The highest BCUT2D eigenvalue weighted by molar-refractivity contribution is 7.15. The first kappa shape index (κ1) is 9.37. The third kappa shape index (κ3) is 1.69. The highest BCUT2D eigenvalue weighted by Crippen LogP contribution is 2.28. The standard InChI is InChI=1S/C11H11NOS/c1-8-4-2-3-5-9(8)10-6-12-11(7-13)14-10/h2-6,13H,7H2,1H3. The summed E-state index contributed by atoms with van der Waals surface area (Å²) >= 11 is 1.54. The summed E-state index contributed by atoms with van der Waals surface area (Å²) in [7, 11) is 0. The Balaban J connectivity index is 2.44. The Hall–Kier alpha value is -1.19. The molecule has 14 heavy (non-hydrogen) atoms. The van der Waals surface area contributed by atoms with Crippen LogP contribution in [0, 0.1) is 6.92 Å². The van der Waals surface area contributed by atoms with Gasteiger partial charge in [0.1, 0.15) is 5.01 Å². The van der Waals surface area contributed by atoms with E-state index in [9.17, 15) is 0 Å². The molecule has 0 amide bonds. The van der Waals surface area contributed by atoms with Crippen molar-refractivity contribution in [3.63, 3.8) is 0 Å². The molecule has 0 radical (unpaired) electrons. The number of hydrogen-bond acceptors (Lipinski definition) is 3. The smallest absolute Gasteiger partial charge is 0.119 e. The van der Waals surface area contributed by atoms with Crippen LogP contribution >= 0.6 is 11.3 Å². The molecule has 0 saturated heterocycles. The quantitative estimate of drug-likeness (QED) is 0.817. The SMILES string of the molecule is Cc1ccccc1-c1cnc(CO)s1. The van der Waals surface area contributed by atoms with Gasteiger partial charge in [-0.25, -0.2) is 4.98 Å². The van der Waals surface area contributed by atoms with E-state index in [4.69, 9.17) is 5.11 Å². The largest absolute Gasteiger partial charge is 0.389 e. The second-order valence-corrected chi connectivity index (χ2v) is 4.21. The van der Waals surface area contributed by atoms with Gasteiger partial charge in [-0.2, -0.15) is 0 Å². The Morgan fingerprint density at radius 2 is 2.14 bits per heavy atom. The van der Waals surface area contributed by atoms with E-state index in [2.05, 4.69) is 24.0 Å². The number of aromatic nitrogens is 1. The minimum atomic E-state index is 0.0244. The van der Waals surface area contributed by atoms with E-state index >= 15 is 0 Å². The van der Waals surface area contributed by atoms with Crippen molar-refractivity contribution >= 4 is 11.3 Å². The Morgan fingerprint density at radius 3 is 2.79 bits per heavy atom. The second-order valence-electron chi connectivity index (χ2n) is 3.09. The lowest BCUT2D eigenvalue weighted by molar-refractivity contribution is 0.281. The third-order valence-electron chi connectivity index (χ3n) is 2.10. The molecule has 72 valence electrons. The van der Waals surface area contributed by atoms with Crippen molar-refractivity contribution in [3.8, 4) is 10.4 Å². The molecule has 2 rings (SSSR count). The van der Waals surface area contributed by atoms with Crippen LogP contribution in [0.2, 0.25) is 0 Å². The van der Waals surface area contributed by atoms with Crippen molar-refractivity contribution in [3.05, 3.63) is 41.0 Å². The molecule has 3 heteroatoms. The highest BCUT2D eigenvalue weighted by Gasteiger charge is 2.05. The van der Waals surface area contributed by atoms with Gasteiger partial charge in [0, 0.05) is 6.20 Å². The van der Waals surface area contributed by atoms with E-state index in [1.54, 1.807) is 0 Å². The minimum absolute atomic E-state index is 0.0244. The number of hydrogen-bond donors (Lipinski definition) is 1. The maximum absolute atomic E-state index is 8.92. The molecule has 2 aromatic rings. The summed E-state index contributed by atoms with van der Waals surface area (Å²) in [6.07, 6.45) is 1.82. The number of benzene rings is 1. The fourth-order valence-corrected chi connectivity index (χ4v) is 2.23. The fourth-order valence-electron chi connectivity index (χ4n) is 1.36. The fraction of sp³-hybridized carbons (Fsp3) is 0.182. The molecular weight excluding hydrogens is 194 g/mol. The van der Waals surface area contributed by atoms with Crippen LogP contribution in [0.25, 0.3) is 10.4 Å². The number of aliphatic hydroxyl groups excluding tert-OH is 1. The van der Waals surface area contributed by atoms with Gasteiger partial charge in [0.05, 0.1) is 11.5 Å². The maximum Gasteiger partial charge on any atom is 0.119 e. The molecule has 0 aliphatic heterocycles. The first-order valence-corrected chi connectivity index (χ1v) is 5.24. The highest BCUT2D eigenvalue weighted by atomic mass is 32.1. The molecule has 0 fully saturated rings. The summed E-state index contributed by atoms with van der Waals surface area (Å²) in [6.45, 7) is 2.10. The Labute approximate surface area is 86.9 Å². The van der Waals surface area contributed by atoms with Gasteiger partial charge >= 0.3 is 0 Å². The van der Waals surface area contributed by atoms with Gasteiger partial charge in [-0.3, -0.25) is 0 Å². The van der Waals surface area contributed by atoms with Gasteiger partial charge in [0.15, 0.2) is 0 Å². The molecule has 0 bridgehead atoms. The zero-order valence-electron chi connectivity index (χ0n) is 7.90. The predicted octanol–water partition coefficient (Wildman–Crippen LogP) is 2.61. The molecule has 0 spiro atoms. The van der Waals surface area contributed by atoms with Gasteiger partial charge in [-0.15, -0.1) is 11.3 Å². The summed E-state index contributed by atoms with van der Waals surface area (Å²) in [5, 5.41) is 9.68. The van der Waals surface area contributed by atoms with Crippen LogP contribution in [0.15, 0.2) is 30.5 Å². The van der Waals surface area contributed by atoms with Crippen molar-refractivity contribution in [2.75, 3.05) is 0 Å². The summed E-state index contributed by atoms with van der Waals surface area (Å²) in [4.78, 5) is 5.24.